The molecule has 2 aromatic heterocycles. The van der Waals surface area contributed by atoms with Crippen molar-refractivity contribution < 1.29 is 9.21 Å². The fourth-order valence-corrected chi connectivity index (χ4v) is 4.84. The van der Waals surface area contributed by atoms with Crippen LogP contribution in [0.1, 0.15) is 28.9 Å². The van der Waals surface area contributed by atoms with Gasteiger partial charge in [-0.2, -0.15) is 0 Å². The summed E-state index contributed by atoms with van der Waals surface area (Å²) in [5.74, 6) is 1.06. The number of aromatic nitrogens is 2. The van der Waals surface area contributed by atoms with Crippen molar-refractivity contribution in [2.75, 3.05) is 19.6 Å². The quantitative estimate of drug-likeness (QED) is 0.723. The first-order valence-corrected chi connectivity index (χ1v) is 9.90. The van der Waals surface area contributed by atoms with Crippen LogP contribution in [0.4, 0.5) is 0 Å². The van der Waals surface area contributed by atoms with Gasteiger partial charge in [0.25, 0.3) is 5.91 Å². The van der Waals surface area contributed by atoms with Gasteiger partial charge in [0.15, 0.2) is 5.58 Å². The molecule has 3 fully saturated rings. The van der Waals surface area contributed by atoms with Crippen LogP contribution in [0.25, 0.3) is 21.9 Å². The maximum Gasteiger partial charge on any atom is 0.253 e. The molecule has 1 aromatic carbocycles. The number of halogens is 1. The fourth-order valence-electron chi connectivity index (χ4n) is 4.11. The molecule has 3 saturated heterocycles. The van der Waals surface area contributed by atoms with Gasteiger partial charge in [-0.25, -0.2) is 9.97 Å². The topological polar surface area (TPSA) is 71.3 Å². The molecule has 0 spiro atoms. The Morgan fingerprint density at radius 2 is 2.15 bits per heavy atom. The molecule has 1 atom stereocenters. The number of amides is 1. The minimum absolute atomic E-state index is 0. The number of hydrogen-bond donors (Lipinski definition) is 1. The third kappa shape index (κ3) is 3.24. The van der Waals surface area contributed by atoms with Gasteiger partial charge in [-0.05, 0) is 50.9 Å². The normalized spacial score (nSPS) is 24.0. The van der Waals surface area contributed by atoms with E-state index in [0.717, 1.165) is 30.2 Å². The average molecular weight is 405 g/mol. The number of piperidine rings is 3. The summed E-state index contributed by atoms with van der Waals surface area (Å²) in [7, 11) is 0. The van der Waals surface area contributed by atoms with Crippen molar-refractivity contribution in [3.63, 3.8) is 0 Å². The monoisotopic (exact) mass is 404 g/mol. The van der Waals surface area contributed by atoms with E-state index in [9.17, 15) is 4.79 Å². The summed E-state index contributed by atoms with van der Waals surface area (Å²) in [5.41, 5.74) is 4.50. The Balaban J connectivity index is 0.00000180. The molecule has 1 amide bonds. The lowest BCUT2D eigenvalue weighted by atomic mass is 9.84. The number of carbonyl (C=O) groups is 1. The third-order valence-corrected chi connectivity index (χ3v) is 6.49. The molecule has 0 saturated carbocycles. The van der Waals surface area contributed by atoms with E-state index >= 15 is 0 Å². The molecule has 142 valence electrons. The molecular weight excluding hydrogens is 384 g/mol. The maximum atomic E-state index is 12.9. The van der Waals surface area contributed by atoms with Gasteiger partial charge in [-0.1, -0.05) is 6.07 Å². The Kier molecular flexibility index (Phi) is 4.92. The molecule has 0 unspecified atom stereocenters. The lowest BCUT2D eigenvalue weighted by molar-refractivity contribution is 0.0621. The lowest BCUT2D eigenvalue weighted by Gasteiger charge is -2.44. The van der Waals surface area contributed by atoms with Crippen molar-refractivity contribution in [1.29, 1.82) is 0 Å². The van der Waals surface area contributed by atoms with E-state index in [-0.39, 0.29) is 24.4 Å². The number of nitrogens with one attached hydrogen (secondary N) is 1. The standard InChI is InChI=1S/C19H20N4O2S.ClH/c1-11-17(26-10-20-11)19-22-16-13(3-2-4-15(16)25-19)18(24)21-14-9-23-7-5-12(14)6-8-23;/h2-4,10,12,14H,5-9H2,1H3,(H,21,24);1H/t14-;/m1./s1. The Labute approximate surface area is 167 Å². The highest BCUT2D eigenvalue weighted by molar-refractivity contribution is 7.13. The molecule has 1 N–H and O–H groups in total. The summed E-state index contributed by atoms with van der Waals surface area (Å²) in [6.45, 7) is 5.21. The van der Waals surface area contributed by atoms with Gasteiger partial charge < -0.3 is 14.6 Å². The lowest BCUT2D eigenvalue weighted by Crippen LogP contribution is -2.57. The number of rotatable bonds is 3. The average Bonchev–Trinajstić information content (AvgIpc) is 3.27. The van der Waals surface area contributed by atoms with Gasteiger partial charge in [-0.3, -0.25) is 4.79 Å². The van der Waals surface area contributed by atoms with Crippen LogP contribution in [0.15, 0.2) is 28.1 Å². The van der Waals surface area contributed by atoms with Gasteiger partial charge in [0.2, 0.25) is 5.89 Å². The van der Waals surface area contributed by atoms with Crippen molar-refractivity contribution in [1.82, 2.24) is 20.2 Å². The van der Waals surface area contributed by atoms with E-state index in [2.05, 4.69) is 20.2 Å². The Bertz CT molecular complexity index is 977. The van der Waals surface area contributed by atoms with Crippen LogP contribution < -0.4 is 5.32 Å². The Morgan fingerprint density at radius 1 is 1.33 bits per heavy atom. The number of nitrogens with zero attached hydrogens (tertiary/aromatic N) is 3. The Hall–Kier alpha value is -1.96. The summed E-state index contributed by atoms with van der Waals surface area (Å²) in [6, 6.07) is 5.76. The van der Waals surface area contributed by atoms with Crippen LogP contribution in [0.5, 0.6) is 0 Å². The van der Waals surface area contributed by atoms with Crippen LogP contribution in [0.2, 0.25) is 0 Å². The molecule has 2 bridgehead atoms. The highest BCUT2D eigenvalue weighted by Crippen LogP contribution is 2.31. The second-order valence-corrected chi connectivity index (χ2v) is 8.01. The highest BCUT2D eigenvalue weighted by atomic mass is 35.5. The zero-order chi connectivity index (χ0) is 17.7. The van der Waals surface area contributed by atoms with E-state index in [1.54, 1.807) is 5.51 Å². The summed E-state index contributed by atoms with van der Waals surface area (Å²) in [6.07, 6.45) is 2.35. The summed E-state index contributed by atoms with van der Waals surface area (Å²) < 4.78 is 5.89. The molecule has 27 heavy (non-hydrogen) atoms. The first kappa shape index (κ1) is 18.4. The molecule has 0 aliphatic carbocycles. The van der Waals surface area contributed by atoms with E-state index in [1.807, 2.05) is 25.1 Å². The number of oxazole rings is 1. The number of aryl methyl sites for hydroxylation is 1. The number of carbonyl (C=O) groups excluding carboxylic acids is 1. The van der Waals surface area contributed by atoms with E-state index in [0.29, 0.717) is 28.5 Å². The molecule has 0 radical (unpaired) electrons. The smallest absolute Gasteiger partial charge is 0.253 e. The molecular formula is C19H21ClN4O2S. The third-order valence-electron chi connectivity index (χ3n) is 5.58. The zero-order valence-electron chi connectivity index (χ0n) is 15.0. The largest absolute Gasteiger partial charge is 0.435 e. The van der Waals surface area contributed by atoms with Gasteiger partial charge in [-0.15, -0.1) is 23.7 Å². The van der Waals surface area contributed by atoms with Crippen LogP contribution in [0, 0.1) is 12.8 Å². The van der Waals surface area contributed by atoms with Crippen LogP contribution in [0.3, 0.4) is 0 Å². The zero-order valence-corrected chi connectivity index (χ0v) is 16.6. The highest BCUT2D eigenvalue weighted by Gasteiger charge is 2.35. The Morgan fingerprint density at radius 3 is 2.81 bits per heavy atom. The second kappa shape index (κ2) is 7.22. The molecule has 3 aliphatic rings. The number of para-hydroxylation sites is 1. The van der Waals surface area contributed by atoms with Crippen molar-refractivity contribution in [3.05, 3.63) is 35.0 Å². The predicted molar refractivity (Wildman–Crippen MR) is 108 cm³/mol. The molecule has 3 aliphatic heterocycles. The summed E-state index contributed by atoms with van der Waals surface area (Å²) in [4.78, 5) is 25.2. The van der Waals surface area contributed by atoms with E-state index in [1.165, 1.54) is 24.2 Å². The fraction of sp³-hybridized carbons (Fsp3) is 0.421. The van der Waals surface area contributed by atoms with E-state index < -0.39 is 0 Å². The van der Waals surface area contributed by atoms with Gasteiger partial charge in [0.1, 0.15) is 10.4 Å². The van der Waals surface area contributed by atoms with Crippen LogP contribution in [-0.4, -0.2) is 46.5 Å². The van der Waals surface area contributed by atoms with Crippen LogP contribution in [-0.2, 0) is 0 Å². The van der Waals surface area contributed by atoms with Crippen molar-refractivity contribution >= 4 is 40.8 Å². The molecule has 5 heterocycles. The van der Waals surface area contributed by atoms with Crippen molar-refractivity contribution in [3.8, 4) is 10.8 Å². The molecule has 3 aromatic rings. The second-order valence-electron chi connectivity index (χ2n) is 7.16. The van der Waals surface area contributed by atoms with Crippen LogP contribution >= 0.6 is 23.7 Å². The summed E-state index contributed by atoms with van der Waals surface area (Å²) >= 11 is 1.50. The first-order chi connectivity index (χ1) is 12.7. The van der Waals surface area contributed by atoms with Gasteiger partial charge in [0, 0.05) is 12.6 Å². The first-order valence-electron chi connectivity index (χ1n) is 9.02. The predicted octanol–water partition coefficient (Wildman–Crippen LogP) is 3.51. The molecule has 6 rings (SSSR count). The minimum Gasteiger partial charge on any atom is -0.435 e. The molecule has 6 nitrogen and oxygen atoms in total. The number of hydrogen-bond acceptors (Lipinski definition) is 6. The van der Waals surface area contributed by atoms with Gasteiger partial charge in [0.05, 0.1) is 16.8 Å². The SMILES string of the molecule is Cc1ncsc1-c1nc2c(C(=O)N[C@@H]3CN4CCC3CC4)cccc2o1.Cl. The minimum atomic E-state index is -0.0600. The number of fused-ring (bicyclic) bond motifs is 4. The number of thiazole rings is 1. The van der Waals surface area contributed by atoms with E-state index in [4.69, 9.17) is 4.42 Å². The summed E-state index contributed by atoms with van der Waals surface area (Å²) in [5, 5.41) is 3.24. The van der Waals surface area contributed by atoms with Crippen molar-refractivity contribution in [2.45, 2.75) is 25.8 Å². The van der Waals surface area contributed by atoms with Crippen molar-refractivity contribution in [2.24, 2.45) is 5.92 Å². The molecule has 8 heteroatoms. The maximum absolute atomic E-state index is 12.9. The number of benzene rings is 1. The van der Waals surface area contributed by atoms with Gasteiger partial charge >= 0.3 is 0 Å².